The van der Waals surface area contributed by atoms with Crippen molar-refractivity contribution in [3.05, 3.63) is 96.3 Å². The zero-order chi connectivity index (χ0) is 23.9. The number of hydrogen-bond acceptors (Lipinski definition) is 4. The topological polar surface area (TPSA) is 95.6 Å². The predicted molar refractivity (Wildman–Crippen MR) is 128 cm³/mol. The van der Waals surface area contributed by atoms with Crippen LogP contribution < -0.4 is 14.9 Å². The largest absolute Gasteiger partial charge is 0.325 e. The molecule has 1 heterocycles. The van der Waals surface area contributed by atoms with Gasteiger partial charge in [0.05, 0.1) is 10.6 Å². The van der Waals surface area contributed by atoms with Gasteiger partial charge >= 0.3 is 0 Å². The fraction of sp³-hybridized carbons (Fsp3) is 0.0400. The van der Waals surface area contributed by atoms with Gasteiger partial charge in [0.15, 0.2) is 0 Å². The highest BCUT2D eigenvalue weighted by Gasteiger charge is 2.30. The van der Waals surface area contributed by atoms with E-state index in [1.54, 1.807) is 12.1 Å². The molecule has 2 amide bonds. The minimum Gasteiger partial charge on any atom is -0.325 e. The summed E-state index contributed by atoms with van der Waals surface area (Å²) in [6, 6.07) is 21.6. The molecule has 2 N–H and O–H groups in total. The summed E-state index contributed by atoms with van der Waals surface area (Å²) in [6.45, 7) is -0.182. The molecule has 1 aliphatic rings. The Labute approximate surface area is 194 Å². The van der Waals surface area contributed by atoms with Gasteiger partial charge in [-0.1, -0.05) is 24.3 Å². The second-order valence-electron chi connectivity index (χ2n) is 7.76. The molecule has 4 aromatic carbocycles. The summed E-state index contributed by atoms with van der Waals surface area (Å²) in [4.78, 5) is 26.9. The summed E-state index contributed by atoms with van der Waals surface area (Å²) in [6.07, 6.45) is 0. The first kappa shape index (κ1) is 21.6. The van der Waals surface area contributed by atoms with E-state index in [1.165, 1.54) is 41.3 Å². The molecule has 4 aromatic rings. The van der Waals surface area contributed by atoms with Crippen molar-refractivity contribution < 1.29 is 22.4 Å². The molecule has 5 rings (SSSR count). The van der Waals surface area contributed by atoms with Crippen LogP contribution in [0.2, 0.25) is 0 Å². The fourth-order valence-electron chi connectivity index (χ4n) is 3.93. The Morgan fingerprint density at radius 1 is 0.853 bits per heavy atom. The van der Waals surface area contributed by atoms with E-state index in [1.807, 2.05) is 24.3 Å². The summed E-state index contributed by atoms with van der Waals surface area (Å²) < 4.78 is 40.5. The molecule has 34 heavy (non-hydrogen) atoms. The van der Waals surface area contributed by atoms with Gasteiger partial charge in [0.25, 0.3) is 15.9 Å². The number of halogens is 1. The number of nitrogens with one attached hydrogen (secondary N) is 2. The molecule has 170 valence electrons. The van der Waals surface area contributed by atoms with Gasteiger partial charge < -0.3 is 5.32 Å². The number of rotatable bonds is 6. The van der Waals surface area contributed by atoms with Crippen LogP contribution >= 0.6 is 0 Å². The van der Waals surface area contributed by atoms with E-state index in [0.717, 1.165) is 22.9 Å². The Kier molecular flexibility index (Phi) is 5.25. The molecule has 7 nitrogen and oxygen atoms in total. The Morgan fingerprint density at radius 3 is 2.21 bits per heavy atom. The van der Waals surface area contributed by atoms with Gasteiger partial charge in [0.2, 0.25) is 5.91 Å². The van der Waals surface area contributed by atoms with Gasteiger partial charge in [-0.05, 0) is 66.0 Å². The monoisotopic (exact) mass is 475 g/mol. The van der Waals surface area contributed by atoms with Gasteiger partial charge in [-0.3, -0.25) is 19.2 Å². The SMILES string of the molecule is O=C(CN1C(=O)c2cccc3cccc1c23)Nc1ccc(S(=O)(=O)Nc2ccc(F)cc2)cc1. The lowest BCUT2D eigenvalue weighted by molar-refractivity contribution is -0.114. The highest BCUT2D eigenvalue weighted by Crippen LogP contribution is 2.37. The van der Waals surface area contributed by atoms with E-state index in [2.05, 4.69) is 10.0 Å². The number of anilines is 3. The number of carbonyl (C=O) groups excluding carboxylic acids is 2. The zero-order valence-electron chi connectivity index (χ0n) is 17.7. The second kappa shape index (κ2) is 8.27. The number of amides is 2. The average Bonchev–Trinajstić information content (AvgIpc) is 3.09. The smallest absolute Gasteiger partial charge is 0.261 e. The molecule has 0 spiro atoms. The molecule has 0 aromatic heterocycles. The summed E-state index contributed by atoms with van der Waals surface area (Å²) in [5.74, 6) is -1.13. The number of benzene rings is 4. The molecular weight excluding hydrogens is 457 g/mol. The fourth-order valence-corrected chi connectivity index (χ4v) is 4.99. The third kappa shape index (κ3) is 3.97. The Bertz CT molecular complexity index is 1530. The van der Waals surface area contributed by atoms with E-state index in [9.17, 15) is 22.4 Å². The maximum atomic E-state index is 13.0. The van der Waals surface area contributed by atoms with Crippen molar-refractivity contribution >= 4 is 49.7 Å². The highest BCUT2D eigenvalue weighted by molar-refractivity contribution is 7.92. The van der Waals surface area contributed by atoms with Crippen molar-refractivity contribution in [3.63, 3.8) is 0 Å². The Balaban J connectivity index is 1.28. The van der Waals surface area contributed by atoms with Crippen LogP contribution in [0, 0.1) is 5.82 Å². The van der Waals surface area contributed by atoms with Crippen LogP contribution in [0.25, 0.3) is 10.8 Å². The van der Waals surface area contributed by atoms with Crippen molar-refractivity contribution in [2.75, 3.05) is 21.5 Å². The van der Waals surface area contributed by atoms with E-state index < -0.39 is 21.7 Å². The van der Waals surface area contributed by atoms with Crippen LogP contribution in [0.5, 0.6) is 0 Å². The van der Waals surface area contributed by atoms with Gasteiger partial charge in [0, 0.05) is 22.3 Å². The minimum absolute atomic E-state index is 0.0216. The molecule has 0 radical (unpaired) electrons. The summed E-state index contributed by atoms with van der Waals surface area (Å²) in [5, 5.41) is 4.45. The normalized spacial score (nSPS) is 12.7. The highest BCUT2D eigenvalue weighted by atomic mass is 32.2. The van der Waals surface area contributed by atoms with Crippen molar-refractivity contribution in [1.29, 1.82) is 0 Å². The van der Waals surface area contributed by atoms with E-state index in [0.29, 0.717) is 16.9 Å². The van der Waals surface area contributed by atoms with Crippen molar-refractivity contribution in [1.82, 2.24) is 0 Å². The number of nitrogens with zero attached hydrogens (tertiary/aromatic N) is 1. The first-order valence-electron chi connectivity index (χ1n) is 10.3. The van der Waals surface area contributed by atoms with Crippen LogP contribution in [-0.4, -0.2) is 26.8 Å². The molecule has 0 unspecified atom stereocenters. The number of hydrogen-bond donors (Lipinski definition) is 2. The second-order valence-corrected chi connectivity index (χ2v) is 9.44. The molecule has 0 saturated heterocycles. The lowest BCUT2D eigenvalue weighted by Crippen LogP contribution is -2.35. The third-order valence-corrected chi connectivity index (χ3v) is 6.89. The van der Waals surface area contributed by atoms with Gasteiger partial charge in [-0.2, -0.15) is 0 Å². The quantitative estimate of drug-likeness (QED) is 0.433. The lowest BCUT2D eigenvalue weighted by Gasteiger charge is -2.17. The maximum absolute atomic E-state index is 13.0. The summed E-state index contributed by atoms with van der Waals surface area (Å²) >= 11 is 0. The maximum Gasteiger partial charge on any atom is 0.261 e. The first-order valence-corrected chi connectivity index (χ1v) is 11.8. The Morgan fingerprint density at radius 2 is 1.50 bits per heavy atom. The zero-order valence-corrected chi connectivity index (χ0v) is 18.5. The van der Waals surface area contributed by atoms with E-state index in [4.69, 9.17) is 0 Å². The molecule has 0 atom stereocenters. The predicted octanol–water partition coefficient (Wildman–Crippen LogP) is 4.38. The first-order chi connectivity index (χ1) is 16.3. The van der Waals surface area contributed by atoms with E-state index >= 15 is 0 Å². The molecule has 1 aliphatic heterocycles. The van der Waals surface area contributed by atoms with E-state index in [-0.39, 0.29) is 23.0 Å². The molecule has 0 aliphatic carbocycles. The van der Waals surface area contributed by atoms with Gasteiger partial charge in [-0.25, -0.2) is 12.8 Å². The molecule has 0 fully saturated rings. The van der Waals surface area contributed by atoms with Crippen molar-refractivity contribution in [2.45, 2.75) is 4.90 Å². The van der Waals surface area contributed by atoms with Crippen molar-refractivity contribution in [2.24, 2.45) is 0 Å². The van der Waals surface area contributed by atoms with Gasteiger partial charge in [0.1, 0.15) is 12.4 Å². The minimum atomic E-state index is -3.89. The van der Waals surface area contributed by atoms with Crippen LogP contribution in [0.1, 0.15) is 10.4 Å². The molecule has 0 saturated carbocycles. The summed E-state index contributed by atoms with van der Waals surface area (Å²) in [7, 11) is -3.89. The van der Waals surface area contributed by atoms with Crippen LogP contribution in [0.15, 0.2) is 89.8 Å². The molecule has 0 bridgehead atoms. The Hall–Kier alpha value is -4.24. The number of sulfonamides is 1. The van der Waals surface area contributed by atoms with Crippen LogP contribution in [-0.2, 0) is 14.8 Å². The molecule has 9 heteroatoms. The standard InChI is InChI=1S/C25H18FN3O4S/c26-17-7-9-19(10-8-17)28-34(32,33)20-13-11-18(12-14-20)27-23(30)15-29-22-6-2-4-16-3-1-5-21(24(16)22)25(29)31/h1-14,28H,15H2,(H,27,30). The molecular formula is C25H18FN3O4S. The average molecular weight is 476 g/mol. The third-order valence-electron chi connectivity index (χ3n) is 5.50. The lowest BCUT2D eigenvalue weighted by atomic mass is 10.1. The van der Waals surface area contributed by atoms with Gasteiger partial charge in [-0.15, -0.1) is 0 Å². The summed E-state index contributed by atoms with van der Waals surface area (Å²) in [5.41, 5.74) is 1.85. The van der Waals surface area contributed by atoms with Crippen LogP contribution in [0.4, 0.5) is 21.5 Å². The van der Waals surface area contributed by atoms with Crippen molar-refractivity contribution in [3.8, 4) is 0 Å². The van der Waals surface area contributed by atoms with Crippen LogP contribution in [0.3, 0.4) is 0 Å². The number of carbonyl (C=O) groups is 2.